The standard InChI is InChI=1S/C28H21ClN4O7/c1-3-38-28(35)16(2)39-24-11-9-20(33(36)37)13-18(24)15-30-32-26(31-22-7-5-4-6-21(22)27(32)34)25-14-17-12-19(29)8-10-23(17)40-25/h4-16H,3H2,1-2H3/t16-/m0/s1. The molecule has 0 saturated heterocycles. The summed E-state index contributed by atoms with van der Waals surface area (Å²) in [5.41, 5.74) is 0.363. The lowest BCUT2D eigenvalue weighted by Crippen LogP contribution is -2.26. The van der Waals surface area contributed by atoms with Crippen LogP contribution in [0.3, 0.4) is 0 Å². The summed E-state index contributed by atoms with van der Waals surface area (Å²) >= 11 is 6.12. The SMILES string of the molecule is CCOC(=O)[C@H](C)Oc1ccc([N+](=O)[O-])cc1C=Nn1c(-c2cc3cc(Cl)ccc3o2)nc2ccccc2c1=O. The topological polar surface area (TPSA) is 139 Å². The number of benzene rings is 3. The number of rotatable bonds is 8. The molecule has 2 heterocycles. The van der Waals surface area contributed by atoms with Gasteiger partial charge in [0.15, 0.2) is 11.9 Å². The van der Waals surface area contributed by atoms with Crippen molar-refractivity contribution in [2.24, 2.45) is 5.10 Å². The highest BCUT2D eigenvalue weighted by Gasteiger charge is 2.20. The van der Waals surface area contributed by atoms with E-state index in [4.69, 9.17) is 25.5 Å². The first-order valence-electron chi connectivity index (χ1n) is 12.1. The average Bonchev–Trinajstić information content (AvgIpc) is 3.36. The van der Waals surface area contributed by atoms with Gasteiger partial charge < -0.3 is 13.9 Å². The summed E-state index contributed by atoms with van der Waals surface area (Å²) in [7, 11) is 0. The Kier molecular flexibility index (Phi) is 7.30. The highest BCUT2D eigenvalue weighted by Crippen LogP contribution is 2.29. The molecule has 12 heteroatoms. The van der Waals surface area contributed by atoms with Crippen LogP contribution in [0.4, 0.5) is 5.69 Å². The van der Waals surface area contributed by atoms with Gasteiger partial charge in [-0.2, -0.15) is 9.78 Å². The summed E-state index contributed by atoms with van der Waals surface area (Å²) < 4.78 is 17.7. The molecule has 202 valence electrons. The Bertz CT molecular complexity index is 1860. The second kappa shape index (κ2) is 11.0. The fourth-order valence-electron chi connectivity index (χ4n) is 3.99. The van der Waals surface area contributed by atoms with Crippen molar-refractivity contribution in [2.75, 3.05) is 6.61 Å². The Morgan fingerprint density at radius 3 is 2.77 bits per heavy atom. The second-order valence-electron chi connectivity index (χ2n) is 8.60. The predicted octanol–water partition coefficient (Wildman–Crippen LogP) is 5.58. The summed E-state index contributed by atoms with van der Waals surface area (Å²) in [6, 6.07) is 17.3. The van der Waals surface area contributed by atoms with Gasteiger partial charge in [-0.3, -0.25) is 14.9 Å². The number of nitrogens with zero attached hydrogens (tertiary/aromatic N) is 4. The molecular weight excluding hydrogens is 540 g/mol. The minimum Gasteiger partial charge on any atom is -0.478 e. The molecule has 40 heavy (non-hydrogen) atoms. The summed E-state index contributed by atoms with van der Waals surface area (Å²) in [5.74, 6) is -0.133. The zero-order chi connectivity index (χ0) is 28.4. The number of esters is 1. The number of hydrogen-bond donors (Lipinski definition) is 0. The van der Waals surface area contributed by atoms with Crippen molar-refractivity contribution in [3.05, 3.63) is 97.8 Å². The van der Waals surface area contributed by atoms with E-state index in [-0.39, 0.29) is 35.2 Å². The van der Waals surface area contributed by atoms with Crippen molar-refractivity contribution in [1.29, 1.82) is 0 Å². The lowest BCUT2D eigenvalue weighted by atomic mass is 10.2. The smallest absolute Gasteiger partial charge is 0.347 e. The van der Waals surface area contributed by atoms with E-state index in [1.54, 1.807) is 55.5 Å². The molecule has 0 spiro atoms. The number of halogens is 1. The van der Waals surface area contributed by atoms with Crippen LogP contribution in [0, 0.1) is 10.1 Å². The predicted molar refractivity (Wildman–Crippen MR) is 149 cm³/mol. The van der Waals surface area contributed by atoms with Crippen LogP contribution in [0.1, 0.15) is 19.4 Å². The highest BCUT2D eigenvalue weighted by molar-refractivity contribution is 6.31. The van der Waals surface area contributed by atoms with Crippen LogP contribution in [0.25, 0.3) is 33.5 Å². The number of ether oxygens (including phenoxy) is 2. The Labute approximate surface area is 231 Å². The van der Waals surface area contributed by atoms with Gasteiger partial charge in [0.2, 0.25) is 5.82 Å². The van der Waals surface area contributed by atoms with Gasteiger partial charge in [0.1, 0.15) is 11.3 Å². The molecule has 0 amide bonds. The third kappa shape index (κ3) is 5.27. The summed E-state index contributed by atoms with van der Waals surface area (Å²) in [6.07, 6.45) is 0.220. The van der Waals surface area contributed by atoms with E-state index >= 15 is 0 Å². The number of nitro benzene ring substituents is 1. The quantitative estimate of drug-likeness (QED) is 0.104. The van der Waals surface area contributed by atoms with Crippen LogP contribution in [0.2, 0.25) is 5.02 Å². The third-order valence-electron chi connectivity index (χ3n) is 5.89. The first kappa shape index (κ1) is 26.6. The second-order valence-corrected chi connectivity index (χ2v) is 9.03. The average molecular weight is 561 g/mol. The first-order valence-corrected chi connectivity index (χ1v) is 12.5. The Hall–Kier alpha value is -5.03. The molecule has 0 fully saturated rings. The van der Waals surface area contributed by atoms with E-state index in [1.807, 2.05) is 0 Å². The molecule has 0 saturated carbocycles. The Balaban J connectivity index is 1.65. The molecule has 1 atom stereocenters. The molecule has 11 nitrogen and oxygen atoms in total. The summed E-state index contributed by atoms with van der Waals surface area (Å²) in [5, 5.41) is 17.3. The van der Waals surface area contributed by atoms with Gasteiger partial charge in [-0.05, 0) is 56.3 Å². The maximum atomic E-state index is 13.6. The van der Waals surface area contributed by atoms with Crippen molar-refractivity contribution < 1.29 is 23.6 Å². The van der Waals surface area contributed by atoms with Crippen LogP contribution in [-0.4, -0.2) is 39.5 Å². The van der Waals surface area contributed by atoms with Gasteiger partial charge >= 0.3 is 5.97 Å². The lowest BCUT2D eigenvalue weighted by Gasteiger charge is -2.15. The molecule has 0 aliphatic carbocycles. The molecular formula is C28H21ClN4O7. The molecule has 5 aromatic rings. The normalized spacial score (nSPS) is 12.2. The van der Waals surface area contributed by atoms with E-state index in [9.17, 15) is 19.7 Å². The Morgan fingerprint density at radius 1 is 1.20 bits per heavy atom. The maximum absolute atomic E-state index is 13.6. The van der Waals surface area contributed by atoms with Crippen LogP contribution in [0.5, 0.6) is 5.75 Å². The zero-order valence-corrected chi connectivity index (χ0v) is 22.0. The number of hydrogen-bond acceptors (Lipinski definition) is 9. The van der Waals surface area contributed by atoms with Gasteiger partial charge in [0, 0.05) is 28.1 Å². The van der Waals surface area contributed by atoms with E-state index in [0.29, 0.717) is 26.9 Å². The number of fused-ring (bicyclic) bond motifs is 2. The van der Waals surface area contributed by atoms with Crippen LogP contribution in [-0.2, 0) is 9.53 Å². The van der Waals surface area contributed by atoms with Gasteiger partial charge in [-0.15, -0.1) is 0 Å². The number of carbonyl (C=O) groups is 1. The van der Waals surface area contributed by atoms with Crippen LogP contribution >= 0.6 is 11.6 Å². The fraction of sp³-hybridized carbons (Fsp3) is 0.143. The van der Waals surface area contributed by atoms with Gasteiger partial charge in [0.05, 0.1) is 28.6 Å². The molecule has 0 bridgehead atoms. The highest BCUT2D eigenvalue weighted by atomic mass is 35.5. The molecule has 0 aliphatic heterocycles. The molecule has 2 aromatic heterocycles. The van der Waals surface area contributed by atoms with Crippen LogP contribution in [0.15, 0.2) is 81.0 Å². The number of nitro groups is 1. The fourth-order valence-corrected chi connectivity index (χ4v) is 4.17. The minimum absolute atomic E-state index is 0.0973. The van der Waals surface area contributed by atoms with Crippen molar-refractivity contribution in [1.82, 2.24) is 9.66 Å². The zero-order valence-electron chi connectivity index (χ0n) is 21.2. The maximum Gasteiger partial charge on any atom is 0.347 e. The lowest BCUT2D eigenvalue weighted by molar-refractivity contribution is -0.384. The molecule has 0 unspecified atom stereocenters. The number of para-hydroxylation sites is 1. The monoisotopic (exact) mass is 560 g/mol. The number of furan rings is 1. The van der Waals surface area contributed by atoms with Gasteiger partial charge in [-0.25, -0.2) is 9.78 Å². The van der Waals surface area contributed by atoms with Crippen LogP contribution < -0.4 is 10.3 Å². The number of aromatic nitrogens is 2. The van der Waals surface area contributed by atoms with E-state index in [0.717, 1.165) is 4.68 Å². The van der Waals surface area contributed by atoms with E-state index in [1.165, 1.54) is 31.3 Å². The number of carbonyl (C=O) groups excluding carboxylic acids is 1. The van der Waals surface area contributed by atoms with Crippen molar-refractivity contribution in [2.45, 2.75) is 20.0 Å². The molecule has 3 aromatic carbocycles. The van der Waals surface area contributed by atoms with Crippen molar-refractivity contribution in [3.8, 4) is 17.3 Å². The molecule has 0 radical (unpaired) electrons. The van der Waals surface area contributed by atoms with Gasteiger partial charge in [0.25, 0.3) is 11.2 Å². The van der Waals surface area contributed by atoms with E-state index in [2.05, 4.69) is 10.1 Å². The molecule has 5 rings (SSSR count). The molecule has 0 N–H and O–H groups in total. The summed E-state index contributed by atoms with van der Waals surface area (Å²) in [6.45, 7) is 3.32. The minimum atomic E-state index is -1.00. The van der Waals surface area contributed by atoms with Crippen molar-refractivity contribution in [3.63, 3.8) is 0 Å². The summed E-state index contributed by atoms with van der Waals surface area (Å²) in [4.78, 5) is 41.2. The van der Waals surface area contributed by atoms with E-state index < -0.39 is 22.6 Å². The first-order chi connectivity index (χ1) is 19.2. The van der Waals surface area contributed by atoms with Gasteiger partial charge in [-0.1, -0.05) is 23.7 Å². The molecule has 0 aliphatic rings. The largest absolute Gasteiger partial charge is 0.478 e. The third-order valence-corrected chi connectivity index (χ3v) is 6.13. The Morgan fingerprint density at radius 2 is 2.00 bits per heavy atom. The number of non-ortho nitro benzene ring substituents is 1. The van der Waals surface area contributed by atoms with Crippen molar-refractivity contribution >= 4 is 51.3 Å².